The minimum absolute atomic E-state index is 0.0988. The number of methoxy groups -OCH3 is 1. The van der Waals surface area contributed by atoms with Crippen LogP contribution < -0.4 is 19.9 Å². The molecule has 5 rings (SSSR count). The molecule has 178 valence electrons. The van der Waals surface area contributed by atoms with E-state index in [1.165, 1.54) is 5.69 Å². The summed E-state index contributed by atoms with van der Waals surface area (Å²) in [6.45, 7) is 5.58. The van der Waals surface area contributed by atoms with E-state index >= 15 is 0 Å². The van der Waals surface area contributed by atoms with Gasteiger partial charge in [0.05, 0.1) is 24.2 Å². The van der Waals surface area contributed by atoms with Crippen molar-refractivity contribution in [3.8, 4) is 5.75 Å². The summed E-state index contributed by atoms with van der Waals surface area (Å²) in [6.07, 6.45) is 0. The fourth-order valence-electron chi connectivity index (χ4n) is 4.38. The van der Waals surface area contributed by atoms with E-state index < -0.39 is 0 Å². The Hall–Kier alpha value is -4.13. The van der Waals surface area contributed by atoms with E-state index in [4.69, 9.17) is 9.72 Å². The third-order valence-electron chi connectivity index (χ3n) is 6.45. The Kier molecular flexibility index (Phi) is 6.48. The van der Waals surface area contributed by atoms with Gasteiger partial charge in [0.25, 0.3) is 5.91 Å². The number of ether oxygens (including phenoxy) is 1. The van der Waals surface area contributed by atoms with Gasteiger partial charge in [-0.3, -0.25) is 4.79 Å². The van der Waals surface area contributed by atoms with Gasteiger partial charge in [-0.1, -0.05) is 30.3 Å². The number of amides is 1. The molecular weight excluding hydrogens is 438 g/mol. The summed E-state index contributed by atoms with van der Waals surface area (Å²) in [4.78, 5) is 26.8. The molecule has 1 unspecified atom stereocenters. The zero-order valence-corrected chi connectivity index (χ0v) is 20.0. The Morgan fingerprint density at radius 3 is 2.20 bits per heavy atom. The fraction of sp³-hybridized carbons (Fsp3) is 0.250. The number of nitrogens with one attached hydrogen (secondary N) is 1. The summed E-state index contributed by atoms with van der Waals surface area (Å²) in [5, 5.41) is 3.02. The number of hydrogen-bond acceptors (Lipinski definition) is 6. The number of pyridine rings is 2. The van der Waals surface area contributed by atoms with Gasteiger partial charge in [-0.25, -0.2) is 9.97 Å². The molecule has 1 saturated heterocycles. The van der Waals surface area contributed by atoms with E-state index in [0.29, 0.717) is 11.2 Å². The van der Waals surface area contributed by atoms with Gasteiger partial charge in [-0.2, -0.15) is 0 Å². The molecule has 0 radical (unpaired) electrons. The molecule has 0 bridgehead atoms. The molecular formula is C28H29N5O2. The number of anilines is 2. The number of carbonyl (C=O) groups is 1. The molecule has 7 nitrogen and oxygen atoms in total. The van der Waals surface area contributed by atoms with Gasteiger partial charge >= 0.3 is 0 Å². The van der Waals surface area contributed by atoms with Gasteiger partial charge in [0.2, 0.25) is 0 Å². The van der Waals surface area contributed by atoms with Crippen LogP contribution in [0.2, 0.25) is 0 Å². The zero-order chi connectivity index (χ0) is 24.2. The maximum absolute atomic E-state index is 12.8. The van der Waals surface area contributed by atoms with E-state index in [1.807, 2.05) is 67.6 Å². The monoisotopic (exact) mass is 467 g/mol. The molecule has 1 aliphatic rings. The van der Waals surface area contributed by atoms with Crippen LogP contribution in [0.15, 0.2) is 78.9 Å². The second kappa shape index (κ2) is 10.0. The lowest BCUT2D eigenvalue weighted by atomic mass is 10.1. The van der Waals surface area contributed by atoms with Crippen molar-refractivity contribution in [3.05, 3.63) is 90.1 Å². The first kappa shape index (κ1) is 22.7. The van der Waals surface area contributed by atoms with Crippen LogP contribution in [0, 0.1) is 0 Å². The quantitative estimate of drug-likeness (QED) is 0.452. The molecule has 1 N–H and O–H groups in total. The normalized spacial score (nSPS) is 14.6. The predicted molar refractivity (Wildman–Crippen MR) is 139 cm³/mol. The molecule has 0 aliphatic carbocycles. The summed E-state index contributed by atoms with van der Waals surface area (Å²) >= 11 is 0. The lowest BCUT2D eigenvalue weighted by Gasteiger charge is -2.36. The Labute approximate surface area is 205 Å². The van der Waals surface area contributed by atoms with Gasteiger partial charge in [-0.15, -0.1) is 0 Å². The van der Waals surface area contributed by atoms with Crippen molar-refractivity contribution in [1.29, 1.82) is 0 Å². The predicted octanol–water partition coefficient (Wildman–Crippen LogP) is 4.46. The number of piperazine rings is 1. The first-order valence-electron chi connectivity index (χ1n) is 11.9. The average molecular weight is 468 g/mol. The first-order valence-corrected chi connectivity index (χ1v) is 11.9. The molecule has 1 atom stereocenters. The van der Waals surface area contributed by atoms with E-state index in [-0.39, 0.29) is 11.9 Å². The molecule has 0 saturated carbocycles. The summed E-state index contributed by atoms with van der Waals surface area (Å²) in [6, 6.07) is 25.6. The standard InChI is InChI=1S/C28H29N5O2/c1-20(21-6-4-3-5-7-21)29-28(34)26-13-12-25-24(30-26)14-15-27(31-25)33-18-16-32(17-19-33)22-8-10-23(35-2)11-9-22/h3-15,20H,16-19H2,1-2H3,(H,29,34). The van der Waals surface area contributed by atoms with Crippen molar-refractivity contribution in [2.24, 2.45) is 0 Å². The molecule has 35 heavy (non-hydrogen) atoms. The molecule has 2 aromatic heterocycles. The SMILES string of the molecule is COc1ccc(N2CCN(c3ccc4nc(C(=O)NC(C)c5ccccc5)ccc4n3)CC2)cc1. The molecule has 0 spiro atoms. The van der Waals surface area contributed by atoms with E-state index in [9.17, 15) is 4.79 Å². The number of aromatic nitrogens is 2. The van der Waals surface area contributed by atoms with Crippen LogP contribution in [-0.4, -0.2) is 49.2 Å². The number of hydrogen-bond donors (Lipinski definition) is 1. The van der Waals surface area contributed by atoms with Crippen molar-refractivity contribution in [2.75, 3.05) is 43.1 Å². The summed E-state index contributed by atoms with van der Waals surface area (Å²) in [5.41, 5.74) is 4.15. The third kappa shape index (κ3) is 5.04. The van der Waals surface area contributed by atoms with Crippen LogP contribution in [0.25, 0.3) is 11.0 Å². The highest BCUT2D eigenvalue weighted by atomic mass is 16.5. The van der Waals surface area contributed by atoms with E-state index in [2.05, 4.69) is 32.2 Å². The molecule has 1 aliphatic heterocycles. The highest BCUT2D eigenvalue weighted by Gasteiger charge is 2.19. The van der Waals surface area contributed by atoms with Gasteiger partial charge in [0.1, 0.15) is 17.3 Å². The van der Waals surface area contributed by atoms with Gasteiger partial charge in [-0.05, 0) is 61.0 Å². The third-order valence-corrected chi connectivity index (χ3v) is 6.45. The highest BCUT2D eigenvalue weighted by Crippen LogP contribution is 2.23. The second-order valence-corrected chi connectivity index (χ2v) is 8.68. The van der Waals surface area contributed by atoms with E-state index in [1.54, 1.807) is 13.2 Å². The Morgan fingerprint density at radius 2 is 1.49 bits per heavy atom. The van der Waals surface area contributed by atoms with Crippen molar-refractivity contribution >= 4 is 28.4 Å². The maximum Gasteiger partial charge on any atom is 0.270 e. The number of carbonyl (C=O) groups excluding carboxylic acids is 1. The molecule has 1 fully saturated rings. The summed E-state index contributed by atoms with van der Waals surface area (Å²) < 4.78 is 5.26. The van der Waals surface area contributed by atoms with Crippen molar-refractivity contribution in [3.63, 3.8) is 0 Å². The number of fused-ring (bicyclic) bond motifs is 1. The molecule has 1 amide bonds. The van der Waals surface area contributed by atoms with Gasteiger partial charge in [0.15, 0.2) is 0 Å². The number of rotatable bonds is 6. The smallest absolute Gasteiger partial charge is 0.270 e. The minimum Gasteiger partial charge on any atom is -0.497 e. The van der Waals surface area contributed by atoms with Gasteiger partial charge < -0.3 is 19.9 Å². The Morgan fingerprint density at radius 1 is 0.829 bits per heavy atom. The molecule has 2 aromatic carbocycles. The number of nitrogens with zero attached hydrogens (tertiary/aromatic N) is 4. The largest absolute Gasteiger partial charge is 0.497 e. The Balaban J connectivity index is 1.24. The first-order chi connectivity index (χ1) is 17.1. The second-order valence-electron chi connectivity index (χ2n) is 8.68. The van der Waals surface area contributed by atoms with Crippen molar-refractivity contribution < 1.29 is 9.53 Å². The molecule has 4 aromatic rings. The zero-order valence-electron chi connectivity index (χ0n) is 20.0. The Bertz CT molecular complexity index is 1300. The van der Waals surface area contributed by atoms with Crippen LogP contribution in [0.3, 0.4) is 0 Å². The van der Waals surface area contributed by atoms with Crippen molar-refractivity contribution in [2.45, 2.75) is 13.0 Å². The summed E-state index contributed by atoms with van der Waals surface area (Å²) in [5.74, 6) is 1.61. The van der Waals surface area contributed by atoms with Crippen molar-refractivity contribution in [1.82, 2.24) is 15.3 Å². The lowest BCUT2D eigenvalue weighted by molar-refractivity contribution is 0.0935. The van der Waals surface area contributed by atoms with Crippen LogP contribution in [0.5, 0.6) is 5.75 Å². The average Bonchev–Trinajstić information content (AvgIpc) is 2.93. The van der Waals surface area contributed by atoms with E-state index in [0.717, 1.165) is 48.8 Å². The molecule has 3 heterocycles. The van der Waals surface area contributed by atoms with Crippen LogP contribution >= 0.6 is 0 Å². The minimum atomic E-state index is -0.193. The van der Waals surface area contributed by atoms with Crippen LogP contribution in [0.1, 0.15) is 29.0 Å². The lowest BCUT2D eigenvalue weighted by Crippen LogP contribution is -2.46. The fourth-order valence-corrected chi connectivity index (χ4v) is 4.38. The topological polar surface area (TPSA) is 70.6 Å². The number of benzene rings is 2. The molecule has 7 heteroatoms. The highest BCUT2D eigenvalue weighted by molar-refractivity contribution is 5.94. The van der Waals surface area contributed by atoms with Crippen LogP contribution in [-0.2, 0) is 0 Å². The van der Waals surface area contributed by atoms with Crippen LogP contribution in [0.4, 0.5) is 11.5 Å². The van der Waals surface area contributed by atoms with Gasteiger partial charge in [0, 0.05) is 31.9 Å². The maximum atomic E-state index is 12.8. The summed E-state index contributed by atoms with van der Waals surface area (Å²) in [7, 11) is 1.68.